The first-order chi connectivity index (χ1) is 9.81. The van der Waals surface area contributed by atoms with Gasteiger partial charge in [0.1, 0.15) is 0 Å². The van der Waals surface area contributed by atoms with Gasteiger partial charge >= 0.3 is 0 Å². The fourth-order valence-corrected chi connectivity index (χ4v) is 2.30. The number of aryl methyl sites for hydroxylation is 1. The summed E-state index contributed by atoms with van der Waals surface area (Å²) >= 11 is 0. The molecule has 0 spiro atoms. The van der Waals surface area contributed by atoms with E-state index in [9.17, 15) is 0 Å². The molecule has 0 aliphatic rings. The van der Waals surface area contributed by atoms with Crippen molar-refractivity contribution in [3.8, 4) is 17.1 Å². The van der Waals surface area contributed by atoms with E-state index in [1.165, 1.54) is 5.56 Å². The van der Waals surface area contributed by atoms with E-state index in [2.05, 4.69) is 29.3 Å². The van der Waals surface area contributed by atoms with Crippen LogP contribution in [-0.2, 0) is 6.54 Å². The maximum absolute atomic E-state index is 5.79. The SMILES string of the molecule is Cc1ccccc1-c1nnc(CN)n1-c1ccccc1. The number of rotatable bonds is 3. The standard InChI is InChI=1S/C16H16N4/c1-12-7-5-6-10-14(12)16-19-18-15(11-17)20(16)13-8-3-2-4-9-13/h2-10H,11,17H2,1H3. The van der Waals surface area contributed by atoms with E-state index >= 15 is 0 Å². The molecular weight excluding hydrogens is 248 g/mol. The molecule has 2 aromatic carbocycles. The second-order valence-electron chi connectivity index (χ2n) is 4.63. The molecule has 3 aromatic rings. The lowest BCUT2D eigenvalue weighted by Gasteiger charge is -2.11. The van der Waals surface area contributed by atoms with E-state index in [1.807, 2.05) is 47.0 Å². The predicted molar refractivity (Wildman–Crippen MR) is 79.4 cm³/mol. The zero-order valence-electron chi connectivity index (χ0n) is 11.3. The van der Waals surface area contributed by atoms with E-state index in [0.717, 1.165) is 22.9 Å². The Balaban J connectivity index is 2.24. The van der Waals surface area contributed by atoms with Crippen LogP contribution < -0.4 is 5.73 Å². The van der Waals surface area contributed by atoms with Gasteiger partial charge < -0.3 is 5.73 Å². The minimum atomic E-state index is 0.355. The third-order valence-electron chi connectivity index (χ3n) is 3.31. The predicted octanol–water partition coefficient (Wildman–Crippen LogP) is 2.70. The molecule has 3 rings (SSSR count). The third kappa shape index (κ3) is 2.10. The molecule has 20 heavy (non-hydrogen) atoms. The van der Waals surface area contributed by atoms with Crippen LogP contribution in [0.2, 0.25) is 0 Å². The van der Waals surface area contributed by atoms with Crippen LogP contribution in [0.5, 0.6) is 0 Å². The zero-order chi connectivity index (χ0) is 13.9. The Kier molecular flexibility index (Phi) is 3.31. The Labute approximate surface area is 117 Å². The molecule has 4 nitrogen and oxygen atoms in total. The van der Waals surface area contributed by atoms with Crippen LogP contribution in [0.1, 0.15) is 11.4 Å². The normalized spacial score (nSPS) is 10.7. The van der Waals surface area contributed by atoms with Gasteiger partial charge in [0.05, 0.1) is 6.54 Å². The van der Waals surface area contributed by atoms with Gasteiger partial charge in [0.15, 0.2) is 11.6 Å². The lowest BCUT2D eigenvalue weighted by atomic mass is 10.1. The minimum Gasteiger partial charge on any atom is -0.324 e. The van der Waals surface area contributed by atoms with Crippen LogP contribution in [0, 0.1) is 6.92 Å². The fraction of sp³-hybridized carbons (Fsp3) is 0.125. The first-order valence-electron chi connectivity index (χ1n) is 6.57. The summed E-state index contributed by atoms with van der Waals surface area (Å²) in [5.41, 5.74) is 9.06. The summed E-state index contributed by atoms with van der Waals surface area (Å²) in [6, 6.07) is 18.2. The first kappa shape index (κ1) is 12.6. The molecular formula is C16H16N4. The molecule has 0 atom stereocenters. The number of nitrogens with zero attached hydrogens (tertiary/aromatic N) is 3. The molecule has 4 heteroatoms. The van der Waals surface area contributed by atoms with Crippen molar-refractivity contribution in [2.45, 2.75) is 13.5 Å². The van der Waals surface area contributed by atoms with Gasteiger partial charge in [-0.1, -0.05) is 42.5 Å². The number of hydrogen-bond donors (Lipinski definition) is 1. The van der Waals surface area contributed by atoms with Crippen LogP contribution in [0.15, 0.2) is 54.6 Å². The molecule has 1 heterocycles. The number of benzene rings is 2. The fourth-order valence-electron chi connectivity index (χ4n) is 2.30. The monoisotopic (exact) mass is 264 g/mol. The van der Waals surface area contributed by atoms with Crippen molar-refractivity contribution in [3.63, 3.8) is 0 Å². The molecule has 0 bridgehead atoms. The molecule has 0 aliphatic carbocycles. The van der Waals surface area contributed by atoms with Crippen LogP contribution >= 0.6 is 0 Å². The second-order valence-corrected chi connectivity index (χ2v) is 4.63. The van der Waals surface area contributed by atoms with Crippen LogP contribution in [0.3, 0.4) is 0 Å². The second kappa shape index (κ2) is 5.27. The van der Waals surface area contributed by atoms with Gasteiger partial charge in [-0.3, -0.25) is 4.57 Å². The summed E-state index contributed by atoms with van der Waals surface area (Å²) in [7, 11) is 0. The highest BCUT2D eigenvalue weighted by Crippen LogP contribution is 2.25. The van der Waals surface area contributed by atoms with E-state index in [0.29, 0.717) is 6.54 Å². The van der Waals surface area contributed by atoms with Crippen molar-refractivity contribution in [1.82, 2.24) is 14.8 Å². The molecule has 0 unspecified atom stereocenters. The van der Waals surface area contributed by atoms with Crippen molar-refractivity contribution in [2.24, 2.45) is 5.73 Å². The van der Waals surface area contributed by atoms with Gasteiger partial charge in [-0.2, -0.15) is 0 Å². The summed E-state index contributed by atoms with van der Waals surface area (Å²) in [4.78, 5) is 0. The number of nitrogens with two attached hydrogens (primary N) is 1. The lowest BCUT2D eigenvalue weighted by Crippen LogP contribution is -2.08. The molecule has 0 fully saturated rings. The third-order valence-corrected chi connectivity index (χ3v) is 3.31. The van der Waals surface area contributed by atoms with E-state index in [1.54, 1.807) is 0 Å². The topological polar surface area (TPSA) is 56.7 Å². The Hall–Kier alpha value is -2.46. The molecule has 0 amide bonds. The largest absolute Gasteiger partial charge is 0.324 e. The van der Waals surface area contributed by atoms with Gasteiger partial charge in [-0.25, -0.2) is 0 Å². The smallest absolute Gasteiger partial charge is 0.168 e. The average molecular weight is 264 g/mol. The number of para-hydroxylation sites is 1. The van der Waals surface area contributed by atoms with Crippen molar-refractivity contribution >= 4 is 0 Å². The highest BCUT2D eigenvalue weighted by Gasteiger charge is 2.15. The molecule has 0 aliphatic heterocycles. The van der Waals surface area contributed by atoms with Crippen molar-refractivity contribution in [3.05, 3.63) is 66.0 Å². The molecule has 0 radical (unpaired) electrons. The summed E-state index contributed by atoms with van der Waals surface area (Å²) in [5.74, 6) is 1.59. The molecule has 1 aromatic heterocycles. The maximum Gasteiger partial charge on any atom is 0.168 e. The summed E-state index contributed by atoms with van der Waals surface area (Å²) in [6.45, 7) is 2.43. The summed E-state index contributed by atoms with van der Waals surface area (Å²) < 4.78 is 2.02. The summed E-state index contributed by atoms with van der Waals surface area (Å²) in [5, 5.41) is 8.54. The number of aromatic nitrogens is 3. The van der Waals surface area contributed by atoms with Crippen LogP contribution in [0.4, 0.5) is 0 Å². The molecule has 0 saturated heterocycles. The van der Waals surface area contributed by atoms with Crippen LogP contribution in [-0.4, -0.2) is 14.8 Å². The highest BCUT2D eigenvalue weighted by atomic mass is 15.3. The van der Waals surface area contributed by atoms with Crippen LogP contribution in [0.25, 0.3) is 17.1 Å². The average Bonchev–Trinajstić information content (AvgIpc) is 2.92. The summed E-state index contributed by atoms with van der Waals surface area (Å²) in [6.07, 6.45) is 0. The quantitative estimate of drug-likeness (QED) is 0.791. The minimum absolute atomic E-state index is 0.355. The van der Waals surface area contributed by atoms with Crippen molar-refractivity contribution in [2.75, 3.05) is 0 Å². The Morgan fingerprint density at radius 1 is 0.950 bits per heavy atom. The molecule has 2 N–H and O–H groups in total. The Bertz CT molecular complexity index is 716. The highest BCUT2D eigenvalue weighted by molar-refractivity contribution is 5.62. The van der Waals surface area contributed by atoms with E-state index in [4.69, 9.17) is 5.73 Å². The molecule has 100 valence electrons. The van der Waals surface area contributed by atoms with Crippen molar-refractivity contribution in [1.29, 1.82) is 0 Å². The Morgan fingerprint density at radius 2 is 1.65 bits per heavy atom. The number of hydrogen-bond acceptors (Lipinski definition) is 3. The zero-order valence-corrected chi connectivity index (χ0v) is 11.3. The van der Waals surface area contributed by atoms with Gasteiger partial charge in [-0.15, -0.1) is 10.2 Å². The van der Waals surface area contributed by atoms with Gasteiger partial charge in [0.25, 0.3) is 0 Å². The van der Waals surface area contributed by atoms with Gasteiger partial charge in [0, 0.05) is 11.3 Å². The van der Waals surface area contributed by atoms with E-state index in [-0.39, 0.29) is 0 Å². The first-order valence-corrected chi connectivity index (χ1v) is 6.57. The van der Waals surface area contributed by atoms with Crippen molar-refractivity contribution < 1.29 is 0 Å². The maximum atomic E-state index is 5.79. The Morgan fingerprint density at radius 3 is 2.35 bits per heavy atom. The van der Waals surface area contributed by atoms with E-state index < -0.39 is 0 Å². The van der Waals surface area contributed by atoms with Gasteiger partial charge in [0.2, 0.25) is 0 Å². The molecule has 0 saturated carbocycles. The van der Waals surface area contributed by atoms with Gasteiger partial charge in [-0.05, 0) is 24.6 Å². The lowest BCUT2D eigenvalue weighted by molar-refractivity contribution is 0.861.